The van der Waals surface area contributed by atoms with Crippen LogP contribution in [0.4, 0.5) is 0 Å². The summed E-state index contributed by atoms with van der Waals surface area (Å²) in [4.78, 5) is 11.6. The Morgan fingerprint density at radius 3 is 1.88 bits per heavy atom. The van der Waals surface area contributed by atoms with Crippen molar-refractivity contribution < 1.29 is 4.42 Å². The Labute approximate surface area is 327 Å². The molecule has 0 aliphatic heterocycles. The van der Waals surface area contributed by atoms with E-state index in [1.165, 1.54) is 59.4 Å². The molecule has 0 atom stereocenters. The lowest BCUT2D eigenvalue weighted by Gasteiger charge is -2.21. The van der Waals surface area contributed by atoms with Crippen molar-refractivity contribution in [2.24, 2.45) is 0 Å². The van der Waals surface area contributed by atoms with Crippen molar-refractivity contribution in [3.8, 4) is 28.3 Å². The van der Waals surface area contributed by atoms with E-state index in [9.17, 15) is 0 Å². The van der Waals surface area contributed by atoms with Gasteiger partial charge in [0.25, 0.3) is 0 Å². The molecule has 1 aliphatic rings. The Morgan fingerprint density at radius 1 is 0.456 bits per heavy atom. The summed E-state index contributed by atoms with van der Waals surface area (Å²) >= 11 is 0. The van der Waals surface area contributed by atoms with Gasteiger partial charge in [0.15, 0.2) is 5.82 Å². The highest BCUT2D eigenvalue weighted by Crippen LogP contribution is 2.50. The molecule has 0 N–H and O–H groups in total. The minimum Gasteiger partial charge on any atom is -0.455 e. The van der Waals surface area contributed by atoms with Crippen molar-refractivity contribution in [3.63, 3.8) is 0 Å². The summed E-state index contributed by atoms with van der Waals surface area (Å²) in [6, 6.07) is 59.1. The number of furan rings is 1. The second-order valence-corrected chi connectivity index (χ2v) is 16.1. The SMILES string of the molecule is CC1(C)c2ccccc2-c2nc(-n3c4cc5ccccc5cc4c4c5c6ccccc6c6ccccc6c5ccc43)c(-c3cccc4c3oc3ccccc34)nc21. The zero-order chi connectivity index (χ0) is 37.6. The van der Waals surface area contributed by atoms with E-state index < -0.39 is 0 Å². The van der Waals surface area contributed by atoms with Crippen LogP contribution in [0.2, 0.25) is 0 Å². The number of rotatable bonds is 2. The van der Waals surface area contributed by atoms with Crippen LogP contribution in [-0.4, -0.2) is 14.5 Å². The van der Waals surface area contributed by atoms with Gasteiger partial charge >= 0.3 is 0 Å². The maximum absolute atomic E-state index is 6.75. The topological polar surface area (TPSA) is 43.9 Å². The van der Waals surface area contributed by atoms with Crippen LogP contribution in [0.5, 0.6) is 0 Å². The largest absolute Gasteiger partial charge is 0.455 e. The first kappa shape index (κ1) is 31.0. The summed E-state index contributed by atoms with van der Waals surface area (Å²) in [5.74, 6) is 0.786. The van der Waals surface area contributed by atoms with E-state index in [0.29, 0.717) is 0 Å². The third-order valence-electron chi connectivity index (χ3n) is 12.7. The van der Waals surface area contributed by atoms with Gasteiger partial charge < -0.3 is 4.42 Å². The summed E-state index contributed by atoms with van der Waals surface area (Å²) in [7, 11) is 0. The quantitative estimate of drug-likeness (QED) is 0.167. The van der Waals surface area contributed by atoms with E-state index in [4.69, 9.17) is 14.4 Å². The minimum absolute atomic E-state index is 0.346. The number of nitrogens with zero attached hydrogens (tertiary/aromatic N) is 3. The molecule has 4 heteroatoms. The fraction of sp³-hybridized carbons (Fsp3) is 0.0566. The molecule has 266 valence electrons. The molecule has 0 radical (unpaired) electrons. The molecule has 57 heavy (non-hydrogen) atoms. The fourth-order valence-electron chi connectivity index (χ4n) is 10.1. The molecule has 0 saturated carbocycles. The maximum atomic E-state index is 6.75. The number of aromatic nitrogens is 3. The van der Waals surface area contributed by atoms with Crippen LogP contribution in [0.3, 0.4) is 0 Å². The Kier molecular flexibility index (Phi) is 5.94. The fourth-order valence-corrected chi connectivity index (χ4v) is 10.1. The summed E-state index contributed by atoms with van der Waals surface area (Å²) < 4.78 is 9.13. The van der Waals surface area contributed by atoms with Crippen LogP contribution in [0, 0.1) is 0 Å². The van der Waals surface area contributed by atoms with E-state index >= 15 is 0 Å². The molecule has 0 unspecified atom stereocenters. The summed E-state index contributed by atoms with van der Waals surface area (Å²) in [5.41, 5.74) is 9.51. The first-order chi connectivity index (χ1) is 28.0. The summed E-state index contributed by atoms with van der Waals surface area (Å²) in [6.45, 7) is 4.54. The number of hydrogen-bond acceptors (Lipinski definition) is 3. The van der Waals surface area contributed by atoms with Crippen molar-refractivity contribution in [1.29, 1.82) is 0 Å². The van der Waals surface area contributed by atoms with E-state index in [1.807, 2.05) is 12.1 Å². The molecular weight excluding hydrogens is 695 g/mol. The molecule has 1 aliphatic carbocycles. The lowest BCUT2D eigenvalue weighted by molar-refractivity contribution is 0.634. The van der Waals surface area contributed by atoms with Crippen molar-refractivity contribution >= 4 is 86.8 Å². The van der Waals surface area contributed by atoms with Crippen LogP contribution < -0.4 is 0 Å². The second kappa shape index (κ2) is 10.9. The van der Waals surface area contributed by atoms with E-state index in [-0.39, 0.29) is 5.41 Å². The van der Waals surface area contributed by atoms with Crippen LogP contribution in [0.15, 0.2) is 168 Å². The highest BCUT2D eigenvalue weighted by Gasteiger charge is 2.40. The Balaban J connectivity index is 1.26. The average molecular weight is 728 g/mol. The lowest BCUT2D eigenvalue weighted by atomic mass is 9.85. The van der Waals surface area contributed by atoms with E-state index in [0.717, 1.165) is 67.0 Å². The smallest absolute Gasteiger partial charge is 0.165 e. The first-order valence-corrected chi connectivity index (χ1v) is 19.7. The standard InChI is InChI=1S/C53H33N3O/c1-53(2)42-24-11-9-21-39(42)48-51(53)54-49(40-23-13-22-38-35-19-10-12-25-45(35)57-50(38)40)52(55-48)56-43-27-26-37-34-18-6-5-16-32(34)33-17-7-8-20-36(33)46(37)47(43)41-28-30-14-3-4-15-31(30)29-44(41)56/h3-29H,1-2H3. The van der Waals surface area contributed by atoms with Gasteiger partial charge in [-0.15, -0.1) is 0 Å². The third kappa shape index (κ3) is 4.01. The molecule has 0 saturated heterocycles. The molecule has 0 spiro atoms. The van der Waals surface area contributed by atoms with Crippen LogP contribution >= 0.6 is 0 Å². The third-order valence-corrected chi connectivity index (χ3v) is 12.7. The normalized spacial score (nSPS) is 13.6. The van der Waals surface area contributed by atoms with Gasteiger partial charge in [-0.3, -0.25) is 4.57 Å². The van der Waals surface area contributed by atoms with Gasteiger partial charge in [-0.2, -0.15) is 0 Å². The predicted molar refractivity (Wildman–Crippen MR) is 237 cm³/mol. The van der Waals surface area contributed by atoms with E-state index in [2.05, 4.69) is 170 Å². The van der Waals surface area contributed by atoms with Gasteiger partial charge in [0.05, 0.1) is 22.4 Å². The van der Waals surface area contributed by atoms with Gasteiger partial charge in [-0.1, -0.05) is 147 Å². The summed E-state index contributed by atoms with van der Waals surface area (Å²) in [5, 5.41) is 14.4. The van der Waals surface area contributed by atoms with Gasteiger partial charge in [0.1, 0.15) is 16.9 Å². The molecule has 4 nitrogen and oxygen atoms in total. The van der Waals surface area contributed by atoms with Gasteiger partial charge in [0, 0.05) is 43.5 Å². The first-order valence-electron chi connectivity index (χ1n) is 19.7. The van der Waals surface area contributed by atoms with Gasteiger partial charge in [-0.05, 0) is 73.6 Å². The molecule has 3 aromatic heterocycles. The molecular formula is C53H33N3O. The Morgan fingerprint density at radius 2 is 1.07 bits per heavy atom. The zero-order valence-corrected chi connectivity index (χ0v) is 31.3. The zero-order valence-electron chi connectivity index (χ0n) is 31.3. The van der Waals surface area contributed by atoms with Crippen LogP contribution in [0.1, 0.15) is 25.1 Å². The van der Waals surface area contributed by atoms with Crippen molar-refractivity contribution in [1.82, 2.24) is 14.5 Å². The molecule has 13 rings (SSSR count). The lowest BCUT2D eigenvalue weighted by Crippen LogP contribution is -2.18. The van der Waals surface area contributed by atoms with Crippen LogP contribution in [0.25, 0.3) is 115 Å². The van der Waals surface area contributed by atoms with Crippen LogP contribution in [-0.2, 0) is 5.41 Å². The van der Waals surface area contributed by atoms with Gasteiger partial charge in [-0.25, -0.2) is 9.97 Å². The molecule has 0 bridgehead atoms. The highest BCUT2D eigenvalue weighted by atomic mass is 16.3. The number of benzene rings is 9. The van der Waals surface area contributed by atoms with E-state index in [1.54, 1.807) is 0 Å². The predicted octanol–water partition coefficient (Wildman–Crippen LogP) is 14.1. The second-order valence-electron chi connectivity index (χ2n) is 16.1. The van der Waals surface area contributed by atoms with Crippen molar-refractivity contribution in [2.45, 2.75) is 19.3 Å². The molecule has 12 aromatic rings. The van der Waals surface area contributed by atoms with Gasteiger partial charge in [0.2, 0.25) is 0 Å². The molecule has 9 aromatic carbocycles. The maximum Gasteiger partial charge on any atom is 0.165 e. The minimum atomic E-state index is -0.346. The highest BCUT2D eigenvalue weighted by molar-refractivity contribution is 6.36. The number of para-hydroxylation sites is 2. The number of hydrogen-bond donors (Lipinski definition) is 0. The average Bonchev–Trinajstić information content (AvgIpc) is 3.87. The summed E-state index contributed by atoms with van der Waals surface area (Å²) in [6.07, 6.45) is 0. The number of fused-ring (bicyclic) bond motifs is 17. The Hall–Kier alpha value is -7.30. The van der Waals surface area contributed by atoms with Crippen molar-refractivity contribution in [2.75, 3.05) is 0 Å². The van der Waals surface area contributed by atoms with Crippen molar-refractivity contribution in [3.05, 3.63) is 175 Å². The monoisotopic (exact) mass is 727 g/mol. The molecule has 0 amide bonds. The Bertz CT molecular complexity index is 3700. The molecule has 0 fully saturated rings. The molecule has 3 heterocycles.